The summed E-state index contributed by atoms with van der Waals surface area (Å²) < 4.78 is 1.04. The van der Waals surface area contributed by atoms with Crippen LogP contribution in [0.25, 0.3) is 11.4 Å². The van der Waals surface area contributed by atoms with Crippen molar-refractivity contribution >= 4 is 15.9 Å². The first kappa shape index (κ1) is 16.1. The van der Waals surface area contributed by atoms with Gasteiger partial charge in [-0.05, 0) is 44.5 Å². The second kappa shape index (κ2) is 7.66. The Morgan fingerprint density at radius 3 is 2.19 bits per heavy atom. The van der Waals surface area contributed by atoms with Crippen LogP contribution in [0.5, 0.6) is 0 Å². The fourth-order valence-corrected chi connectivity index (χ4v) is 2.93. The van der Waals surface area contributed by atoms with Gasteiger partial charge in [0.2, 0.25) is 0 Å². The number of halogens is 1. The van der Waals surface area contributed by atoms with E-state index in [9.17, 15) is 0 Å². The predicted molar refractivity (Wildman–Crippen MR) is 91.6 cm³/mol. The van der Waals surface area contributed by atoms with E-state index in [1.165, 1.54) is 17.0 Å². The number of hydrogen-bond donors (Lipinski definition) is 1. The van der Waals surface area contributed by atoms with E-state index >= 15 is 0 Å². The van der Waals surface area contributed by atoms with Crippen molar-refractivity contribution in [2.45, 2.75) is 33.1 Å². The van der Waals surface area contributed by atoms with E-state index in [4.69, 9.17) is 9.97 Å². The zero-order valence-corrected chi connectivity index (χ0v) is 14.5. The molecule has 0 spiro atoms. The first-order valence-electron chi connectivity index (χ1n) is 7.49. The number of aromatic nitrogens is 2. The maximum Gasteiger partial charge on any atom is 0.160 e. The van der Waals surface area contributed by atoms with Crippen molar-refractivity contribution < 1.29 is 0 Å². The lowest BCUT2D eigenvalue weighted by molar-refractivity contribution is 0.760. The van der Waals surface area contributed by atoms with Gasteiger partial charge < -0.3 is 5.32 Å². The van der Waals surface area contributed by atoms with Crippen molar-refractivity contribution in [2.75, 3.05) is 13.6 Å². The highest BCUT2D eigenvalue weighted by atomic mass is 79.9. The highest BCUT2D eigenvalue weighted by molar-refractivity contribution is 9.10. The number of hydrogen-bond acceptors (Lipinski definition) is 3. The Kier molecular flexibility index (Phi) is 5.88. The number of rotatable bonds is 6. The Balaban J connectivity index is 2.52. The quantitative estimate of drug-likeness (QED) is 0.863. The molecule has 4 heteroatoms. The summed E-state index contributed by atoms with van der Waals surface area (Å²) in [6.07, 6.45) is 2.86. The van der Waals surface area contributed by atoms with Gasteiger partial charge in [-0.25, -0.2) is 9.97 Å². The van der Waals surface area contributed by atoms with Crippen LogP contribution >= 0.6 is 15.9 Å². The molecule has 0 fully saturated rings. The lowest BCUT2D eigenvalue weighted by atomic mass is 10.0. The maximum absolute atomic E-state index is 4.81. The van der Waals surface area contributed by atoms with Gasteiger partial charge in [0.15, 0.2) is 5.82 Å². The van der Waals surface area contributed by atoms with Crippen LogP contribution in [0, 0.1) is 0 Å². The van der Waals surface area contributed by atoms with E-state index < -0.39 is 0 Å². The first-order valence-corrected chi connectivity index (χ1v) is 8.28. The van der Waals surface area contributed by atoms with Crippen molar-refractivity contribution in [1.29, 1.82) is 0 Å². The van der Waals surface area contributed by atoms with Gasteiger partial charge in [0.1, 0.15) is 0 Å². The Morgan fingerprint density at radius 2 is 1.67 bits per heavy atom. The van der Waals surface area contributed by atoms with E-state index in [1.54, 1.807) is 0 Å². The standard InChI is InChI=1S/C17H22BrN3/c1-4-15-13(10-11-19-3)16(5-2)21-17(20-15)12-8-6-7-9-14(12)18/h6-9,19H,4-5,10-11H2,1-3H3. The summed E-state index contributed by atoms with van der Waals surface area (Å²) in [6, 6.07) is 8.13. The number of likely N-dealkylation sites (N-methyl/N-ethyl adjacent to an activating group) is 1. The highest BCUT2D eigenvalue weighted by Crippen LogP contribution is 2.27. The summed E-state index contributed by atoms with van der Waals surface area (Å²) in [5.74, 6) is 0.824. The summed E-state index contributed by atoms with van der Waals surface area (Å²) in [4.78, 5) is 9.63. The summed E-state index contributed by atoms with van der Waals surface area (Å²) in [6.45, 7) is 5.28. The fourth-order valence-electron chi connectivity index (χ4n) is 2.47. The minimum atomic E-state index is 0.824. The molecule has 0 amide bonds. The van der Waals surface area contributed by atoms with Gasteiger partial charge in [-0.2, -0.15) is 0 Å². The maximum atomic E-state index is 4.81. The van der Waals surface area contributed by atoms with Gasteiger partial charge in [0, 0.05) is 21.4 Å². The molecule has 0 saturated heterocycles. The van der Waals surface area contributed by atoms with Crippen LogP contribution in [0.4, 0.5) is 0 Å². The van der Waals surface area contributed by atoms with Gasteiger partial charge in [0.05, 0.1) is 0 Å². The molecule has 21 heavy (non-hydrogen) atoms. The SMILES string of the molecule is CCc1nc(-c2ccccc2Br)nc(CC)c1CCNC. The average Bonchev–Trinajstić information content (AvgIpc) is 2.52. The van der Waals surface area contributed by atoms with Crippen molar-refractivity contribution in [3.8, 4) is 11.4 Å². The molecule has 0 aliphatic rings. The summed E-state index contributed by atoms with van der Waals surface area (Å²) >= 11 is 3.60. The molecule has 1 N–H and O–H groups in total. The molecule has 112 valence electrons. The van der Waals surface area contributed by atoms with Crippen LogP contribution in [0.3, 0.4) is 0 Å². The van der Waals surface area contributed by atoms with Crippen LogP contribution in [0.1, 0.15) is 30.8 Å². The molecular weight excluding hydrogens is 326 g/mol. The van der Waals surface area contributed by atoms with Crippen LogP contribution in [-0.2, 0) is 19.3 Å². The molecule has 0 unspecified atom stereocenters. The zero-order chi connectivity index (χ0) is 15.2. The molecule has 0 atom stereocenters. The molecule has 1 aromatic carbocycles. The molecule has 0 aliphatic carbocycles. The van der Waals surface area contributed by atoms with Crippen molar-refractivity contribution in [1.82, 2.24) is 15.3 Å². The molecule has 0 bridgehead atoms. The van der Waals surface area contributed by atoms with Gasteiger partial charge in [0.25, 0.3) is 0 Å². The monoisotopic (exact) mass is 347 g/mol. The molecular formula is C17H22BrN3. The molecule has 0 aliphatic heterocycles. The molecule has 0 saturated carbocycles. The average molecular weight is 348 g/mol. The first-order chi connectivity index (χ1) is 10.2. The number of benzene rings is 1. The lowest BCUT2D eigenvalue weighted by Crippen LogP contribution is -2.15. The van der Waals surface area contributed by atoms with Gasteiger partial charge in [-0.1, -0.05) is 48.0 Å². The van der Waals surface area contributed by atoms with Gasteiger partial charge in [-0.3, -0.25) is 0 Å². The minimum Gasteiger partial charge on any atom is -0.319 e. The second-order valence-electron chi connectivity index (χ2n) is 4.96. The molecule has 2 rings (SSSR count). The van der Waals surface area contributed by atoms with E-state index in [2.05, 4.69) is 41.2 Å². The smallest absolute Gasteiger partial charge is 0.160 e. The van der Waals surface area contributed by atoms with Gasteiger partial charge in [-0.15, -0.1) is 0 Å². The predicted octanol–water partition coefficient (Wildman–Crippen LogP) is 3.79. The summed E-state index contributed by atoms with van der Waals surface area (Å²) in [5.41, 5.74) is 4.71. The van der Waals surface area contributed by atoms with Crippen LogP contribution in [0.15, 0.2) is 28.7 Å². The second-order valence-corrected chi connectivity index (χ2v) is 5.81. The molecule has 3 nitrogen and oxygen atoms in total. The molecule has 1 aromatic heterocycles. The topological polar surface area (TPSA) is 37.8 Å². The summed E-state index contributed by atoms with van der Waals surface area (Å²) in [7, 11) is 1.98. The summed E-state index contributed by atoms with van der Waals surface area (Å²) in [5, 5.41) is 3.21. The largest absolute Gasteiger partial charge is 0.319 e. The third-order valence-electron chi connectivity index (χ3n) is 3.59. The normalized spacial score (nSPS) is 10.9. The Bertz CT molecular complexity index is 586. The number of nitrogens with one attached hydrogen (secondary N) is 1. The van der Waals surface area contributed by atoms with Crippen LogP contribution in [-0.4, -0.2) is 23.6 Å². The molecule has 2 aromatic rings. The van der Waals surface area contributed by atoms with E-state index in [0.29, 0.717) is 0 Å². The van der Waals surface area contributed by atoms with E-state index in [1.807, 2.05) is 25.2 Å². The minimum absolute atomic E-state index is 0.824. The van der Waals surface area contributed by atoms with Crippen molar-refractivity contribution in [3.63, 3.8) is 0 Å². The van der Waals surface area contributed by atoms with Crippen molar-refractivity contribution in [3.05, 3.63) is 45.7 Å². The number of aryl methyl sites for hydroxylation is 2. The number of nitrogens with zero attached hydrogens (tertiary/aromatic N) is 2. The lowest BCUT2D eigenvalue weighted by Gasteiger charge is -2.14. The Hall–Kier alpha value is -1.26. The Labute approximate surface area is 135 Å². The molecule has 1 heterocycles. The third kappa shape index (κ3) is 3.69. The van der Waals surface area contributed by atoms with Crippen LogP contribution < -0.4 is 5.32 Å². The van der Waals surface area contributed by atoms with E-state index in [0.717, 1.165) is 41.7 Å². The highest BCUT2D eigenvalue weighted by Gasteiger charge is 2.14. The molecule has 0 radical (unpaired) electrons. The Morgan fingerprint density at radius 1 is 1.05 bits per heavy atom. The van der Waals surface area contributed by atoms with Crippen LogP contribution in [0.2, 0.25) is 0 Å². The fraction of sp³-hybridized carbons (Fsp3) is 0.412. The third-order valence-corrected chi connectivity index (χ3v) is 4.28. The van der Waals surface area contributed by atoms with Gasteiger partial charge >= 0.3 is 0 Å². The van der Waals surface area contributed by atoms with E-state index in [-0.39, 0.29) is 0 Å². The zero-order valence-electron chi connectivity index (χ0n) is 12.9. The van der Waals surface area contributed by atoms with Crippen molar-refractivity contribution in [2.24, 2.45) is 0 Å².